The standard InChI is InChI=1S/C17H23NS/c1-3-11-18-17(13-16-6-5-12-19-16)15-9-7-14(4-2)8-10-15/h5-10,12,17-18H,3-4,11,13H2,1-2H3. The first-order chi connectivity index (χ1) is 9.33. The lowest BCUT2D eigenvalue weighted by Crippen LogP contribution is -2.23. The number of benzene rings is 1. The van der Waals surface area contributed by atoms with E-state index in [0.717, 1.165) is 19.4 Å². The fraction of sp³-hybridized carbons (Fsp3) is 0.412. The van der Waals surface area contributed by atoms with Crippen LogP contribution in [0.15, 0.2) is 41.8 Å². The Balaban J connectivity index is 2.10. The molecule has 102 valence electrons. The molecular weight excluding hydrogens is 250 g/mol. The molecule has 0 amide bonds. The molecule has 0 aliphatic carbocycles. The van der Waals surface area contributed by atoms with Crippen LogP contribution in [-0.4, -0.2) is 6.54 Å². The van der Waals surface area contributed by atoms with Crippen LogP contribution in [0.5, 0.6) is 0 Å². The summed E-state index contributed by atoms with van der Waals surface area (Å²) in [5.74, 6) is 0. The van der Waals surface area contributed by atoms with Crippen molar-refractivity contribution in [1.82, 2.24) is 5.32 Å². The zero-order valence-corrected chi connectivity index (χ0v) is 12.7. The molecule has 0 fully saturated rings. The Morgan fingerprint density at radius 3 is 2.47 bits per heavy atom. The van der Waals surface area contributed by atoms with E-state index in [2.05, 4.69) is 60.9 Å². The lowest BCUT2D eigenvalue weighted by atomic mass is 10.0. The molecule has 0 saturated carbocycles. The highest BCUT2D eigenvalue weighted by Crippen LogP contribution is 2.22. The number of nitrogens with one attached hydrogen (secondary N) is 1. The molecule has 0 spiro atoms. The third-order valence-electron chi connectivity index (χ3n) is 3.42. The Bertz CT molecular complexity index is 459. The van der Waals surface area contributed by atoms with Gasteiger partial charge in [0.2, 0.25) is 0 Å². The molecule has 0 aliphatic heterocycles. The van der Waals surface area contributed by atoms with E-state index in [0.29, 0.717) is 6.04 Å². The maximum Gasteiger partial charge on any atom is 0.0368 e. The first kappa shape index (κ1) is 14.3. The summed E-state index contributed by atoms with van der Waals surface area (Å²) in [4.78, 5) is 1.45. The number of thiophene rings is 1. The number of aryl methyl sites for hydroxylation is 1. The topological polar surface area (TPSA) is 12.0 Å². The van der Waals surface area contributed by atoms with Crippen LogP contribution in [0.25, 0.3) is 0 Å². The third kappa shape index (κ3) is 4.19. The van der Waals surface area contributed by atoms with Crippen LogP contribution in [0.3, 0.4) is 0 Å². The van der Waals surface area contributed by atoms with Crippen molar-refractivity contribution in [3.63, 3.8) is 0 Å². The zero-order valence-electron chi connectivity index (χ0n) is 11.9. The van der Waals surface area contributed by atoms with Crippen molar-refractivity contribution in [1.29, 1.82) is 0 Å². The summed E-state index contributed by atoms with van der Waals surface area (Å²) in [5.41, 5.74) is 2.81. The van der Waals surface area contributed by atoms with Gasteiger partial charge in [0.05, 0.1) is 0 Å². The lowest BCUT2D eigenvalue weighted by molar-refractivity contribution is 0.532. The minimum atomic E-state index is 0.435. The van der Waals surface area contributed by atoms with Gasteiger partial charge in [0, 0.05) is 17.3 Å². The van der Waals surface area contributed by atoms with Gasteiger partial charge in [-0.2, -0.15) is 0 Å². The van der Waals surface area contributed by atoms with E-state index in [1.165, 1.54) is 22.4 Å². The Morgan fingerprint density at radius 2 is 1.89 bits per heavy atom. The second-order valence-corrected chi connectivity index (χ2v) is 5.92. The van der Waals surface area contributed by atoms with Crippen molar-refractivity contribution in [3.8, 4) is 0 Å². The summed E-state index contributed by atoms with van der Waals surface area (Å²) in [6.07, 6.45) is 3.37. The molecule has 0 bridgehead atoms. The first-order valence-corrected chi connectivity index (χ1v) is 8.06. The molecule has 0 saturated heterocycles. The largest absolute Gasteiger partial charge is 0.310 e. The van der Waals surface area contributed by atoms with Gasteiger partial charge in [0.1, 0.15) is 0 Å². The van der Waals surface area contributed by atoms with Gasteiger partial charge in [-0.1, -0.05) is 44.2 Å². The maximum atomic E-state index is 3.67. The Kier molecular flexibility index (Phi) is 5.62. The van der Waals surface area contributed by atoms with Crippen LogP contribution in [0.1, 0.15) is 42.3 Å². The van der Waals surface area contributed by atoms with E-state index in [1.807, 2.05) is 11.3 Å². The normalized spacial score (nSPS) is 12.5. The second-order valence-electron chi connectivity index (χ2n) is 4.89. The number of hydrogen-bond donors (Lipinski definition) is 1. The van der Waals surface area contributed by atoms with Gasteiger partial charge >= 0.3 is 0 Å². The summed E-state index contributed by atoms with van der Waals surface area (Å²) < 4.78 is 0. The fourth-order valence-corrected chi connectivity index (χ4v) is 2.99. The molecule has 1 aromatic carbocycles. The Hall–Kier alpha value is -1.12. The minimum Gasteiger partial charge on any atom is -0.310 e. The van der Waals surface area contributed by atoms with E-state index in [1.54, 1.807) is 0 Å². The highest BCUT2D eigenvalue weighted by atomic mass is 32.1. The summed E-state index contributed by atoms with van der Waals surface area (Å²) in [5, 5.41) is 5.83. The van der Waals surface area contributed by atoms with Crippen molar-refractivity contribution >= 4 is 11.3 Å². The third-order valence-corrected chi connectivity index (χ3v) is 4.32. The van der Waals surface area contributed by atoms with Gasteiger partial charge < -0.3 is 5.32 Å². The van der Waals surface area contributed by atoms with Gasteiger partial charge in [0.15, 0.2) is 0 Å². The van der Waals surface area contributed by atoms with Crippen molar-refractivity contribution in [2.45, 2.75) is 39.2 Å². The monoisotopic (exact) mass is 273 g/mol. The SMILES string of the molecule is CCCNC(Cc1cccs1)c1ccc(CC)cc1. The molecule has 1 N–H and O–H groups in total. The van der Waals surface area contributed by atoms with Crippen LogP contribution in [-0.2, 0) is 12.8 Å². The fourth-order valence-electron chi connectivity index (χ4n) is 2.24. The Labute approximate surface area is 120 Å². The molecule has 1 aromatic heterocycles. The maximum absolute atomic E-state index is 3.67. The molecule has 1 atom stereocenters. The van der Waals surface area contributed by atoms with Gasteiger partial charge in [-0.15, -0.1) is 11.3 Å². The Morgan fingerprint density at radius 1 is 1.11 bits per heavy atom. The quantitative estimate of drug-likeness (QED) is 0.777. The van der Waals surface area contributed by atoms with E-state index in [9.17, 15) is 0 Å². The molecule has 19 heavy (non-hydrogen) atoms. The predicted molar refractivity (Wildman–Crippen MR) is 84.9 cm³/mol. The summed E-state index contributed by atoms with van der Waals surface area (Å²) in [6, 6.07) is 13.9. The molecule has 2 aromatic rings. The predicted octanol–water partition coefficient (Wildman–Crippen LogP) is 4.59. The van der Waals surface area contributed by atoms with Crippen LogP contribution in [0.4, 0.5) is 0 Å². The summed E-state index contributed by atoms with van der Waals surface area (Å²) in [7, 11) is 0. The molecule has 2 heteroatoms. The zero-order chi connectivity index (χ0) is 13.5. The molecular formula is C17H23NS. The lowest BCUT2D eigenvalue weighted by Gasteiger charge is -2.18. The molecule has 2 rings (SSSR count). The van der Waals surface area contributed by atoms with Gasteiger partial charge in [-0.3, -0.25) is 0 Å². The average Bonchev–Trinajstić information content (AvgIpc) is 2.96. The average molecular weight is 273 g/mol. The van der Waals surface area contributed by atoms with E-state index >= 15 is 0 Å². The van der Waals surface area contributed by atoms with Crippen LogP contribution < -0.4 is 5.32 Å². The van der Waals surface area contributed by atoms with Crippen LogP contribution in [0.2, 0.25) is 0 Å². The van der Waals surface area contributed by atoms with Gasteiger partial charge in [-0.25, -0.2) is 0 Å². The summed E-state index contributed by atoms with van der Waals surface area (Å²) in [6.45, 7) is 5.49. The van der Waals surface area contributed by atoms with Gasteiger partial charge in [-0.05, 0) is 42.0 Å². The minimum absolute atomic E-state index is 0.435. The molecule has 1 heterocycles. The van der Waals surface area contributed by atoms with E-state index < -0.39 is 0 Å². The molecule has 1 unspecified atom stereocenters. The van der Waals surface area contributed by atoms with Crippen molar-refractivity contribution in [2.24, 2.45) is 0 Å². The van der Waals surface area contributed by atoms with E-state index in [4.69, 9.17) is 0 Å². The highest BCUT2D eigenvalue weighted by Gasteiger charge is 2.11. The van der Waals surface area contributed by atoms with Crippen LogP contribution >= 0.6 is 11.3 Å². The first-order valence-electron chi connectivity index (χ1n) is 7.18. The van der Waals surface area contributed by atoms with Crippen molar-refractivity contribution in [3.05, 3.63) is 57.8 Å². The van der Waals surface area contributed by atoms with Crippen molar-refractivity contribution < 1.29 is 0 Å². The highest BCUT2D eigenvalue weighted by molar-refractivity contribution is 7.09. The molecule has 0 aliphatic rings. The smallest absolute Gasteiger partial charge is 0.0368 e. The van der Waals surface area contributed by atoms with Crippen molar-refractivity contribution in [2.75, 3.05) is 6.54 Å². The summed E-state index contributed by atoms with van der Waals surface area (Å²) >= 11 is 1.85. The van der Waals surface area contributed by atoms with Gasteiger partial charge in [0.25, 0.3) is 0 Å². The molecule has 0 radical (unpaired) electrons. The van der Waals surface area contributed by atoms with Crippen LogP contribution in [0, 0.1) is 0 Å². The second kappa shape index (κ2) is 7.46. The number of rotatable bonds is 7. The van der Waals surface area contributed by atoms with E-state index in [-0.39, 0.29) is 0 Å². The molecule has 1 nitrogen and oxygen atoms in total. The number of hydrogen-bond acceptors (Lipinski definition) is 2.